The SMILES string of the molecule is CCCC(C)(C)NCc1cccc(NC(=O)C(F)(F)F)c1. The first-order valence-corrected chi connectivity index (χ1v) is 6.86. The van der Waals surface area contributed by atoms with E-state index in [0.717, 1.165) is 18.4 Å². The predicted octanol–water partition coefficient (Wildman–Crippen LogP) is 3.86. The average Bonchev–Trinajstić information content (AvgIpc) is 2.36. The summed E-state index contributed by atoms with van der Waals surface area (Å²) >= 11 is 0. The molecule has 3 nitrogen and oxygen atoms in total. The van der Waals surface area contributed by atoms with Crippen molar-refractivity contribution in [1.29, 1.82) is 0 Å². The maximum atomic E-state index is 12.2. The molecule has 21 heavy (non-hydrogen) atoms. The molecule has 0 radical (unpaired) electrons. The lowest BCUT2D eigenvalue weighted by atomic mass is 9.98. The summed E-state index contributed by atoms with van der Waals surface area (Å²) < 4.78 is 36.6. The van der Waals surface area contributed by atoms with Crippen molar-refractivity contribution in [2.75, 3.05) is 5.32 Å². The van der Waals surface area contributed by atoms with Crippen molar-refractivity contribution in [3.63, 3.8) is 0 Å². The Labute approximate surface area is 122 Å². The zero-order chi connectivity index (χ0) is 16.1. The van der Waals surface area contributed by atoms with Gasteiger partial charge in [-0.3, -0.25) is 4.79 Å². The number of nitrogens with one attached hydrogen (secondary N) is 2. The fourth-order valence-corrected chi connectivity index (χ4v) is 2.02. The molecule has 6 heteroatoms. The van der Waals surface area contributed by atoms with Crippen LogP contribution in [0.5, 0.6) is 0 Å². The van der Waals surface area contributed by atoms with Gasteiger partial charge in [-0.2, -0.15) is 13.2 Å². The van der Waals surface area contributed by atoms with Crippen LogP contribution < -0.4 is 10.6 Å². The zero-order valence-electron chi connectivity index (χ0n) is 12.5. The minimum Gasteiger partial charge on any atom is -0.318 e. The van der Waals surface area contributed by atoms with E-state index in [1.165, 1.54) is 6.07 Å². The Balaban J connectivity index is 2.67. The number of rotatable bonds is 6. The van der Waals surface area contributed by atoms with E-state index < -0.39 is 12.1 Å². The highest BCUT2D eigenvalue weighted by Gasteiger charge is 2.38. The van der Waals surface area contributed by atoms with Crippen LogP contribution in [0.25, 0.3) is 0 Å². The molecule has 1 amide bonds. The normalized spacial score (nSPS) is 12.3. The summed E-state index contributed by atoms with van der Waals surface area (Å²) in [6.07, 6.45) is -2.84. The van der Waals surface area contributed by atoms with Crippen molar-refractivity contribution in [3.8, 4) is 0 Å². The summed E-state index contributed by atoms with van der Waals surface area (Å²) in [5, 5.41) is 5.20. The molecule has 118 valence electrons. The van der Waals surface area contributed by atoms with E-state index in [-0.39, 0.29) is 11.2 Å². The molecule has 0 aromatic heterocycles. The Morgan fingerprint density at radius 2 is 1.90 bits per heavy atom. The molecule has 0 fully saturated rings. The molecular weight excluding hydrogens is 281 g/mol. The molecule has 1 aromatic rings. The van der Waals surface area contributed by atoms with E-state index in [2.05, 4.69) is 26.1 Å². The molecule has 0 atom stereocenters. The van der Waals surface area contributed by atoms with Gasteiger partial charge in [0.25, 0.3) is 0 Å². The molecule has 0 spiro atoms. The fraction of sp³-hybridized carbons (Fsp3) is 0.533. The van der Waals surface area contributed by atoms with Crippen molar-refractivity contribution in [2.24, 2.45) is 0 Å². The van der Waals surface area contributed by atoms with Crippen LogP contribution in [0.1, 0.15) is 39.2 Å². The second-order valence-electron chi connectivity index (χ2n) is 5.64. The number of anilines is 1. The van der Waals surface area contributed by atoms with Gasteiger partial charge >= 0.3 is 12.1 Å². The zero-order valence-corrected chi connectivity index (χ0v) is 12.5. The smallest absolute Gasteiger partial charge is 0.318 e. The number of carbonyl (C=O) groups excluding carboxylic acids is 1. The van der Waals surface area contributed by atoms with E-state index >= 15 is 0 Å². The lowest BCUT2D eigenvalue weighted by molar-refractivity contribution is -0.167. The summed E-state index contributed by atoms with van der Waals surface area (Å²) in [7, 11) is 0. The van der Waals surface area contributed by atoms with E-state index in [4.69, 9.17) is 0 Å². The second-order valence-corrected chi connectivity index (χ2v) is 5.64. The number of halogens is 3. The second kappa shape index (κ2) is 6.93. The molecule has 0 unspecified atom stereocenters. The molecule has 0 heterocycles. The van der Waals surface area contributed by atoms with Gasteiger partial charge in [0.05, 0.1) is 0 Å². The number of hydrogen-bond acceptors (Lipinski definition) is 2. The lowest BCUT2D eigenvalue weighted by Gasteiger charge is -2.26. The van der Waals surface area contributed by atoms with Crippen LogP contribution in [-0.2, 0) is 11.3 Å². The molecule has 0 aliphatic heterocycles. The van der Waals surface area contributed by atoms with Crippen LogP contribution in [0.3, 0.4) is 0 Å². The molecule has 2 N–H and O–H groups in total. The van der Waals surface area contributed by atoms with E-state index in [1.807, 2.05) is 5.32 Å². The summed E-state index contributed by atoms with van der Waals surface area (Å²) in [6.45, 7) is 6.77. The van der Waals surface area contributed by atoms with Crippen molar-refractivity contribution >= 4 is 11.6 Å². The third kappa shape index (κ3) is 6.16. The van der Waals surface area contributed by atoms with E-state index in [9.17, 15) is 18.0 Å². The maximum absolute atomic E-state index is 12.2. The highest BCUT2D eigenvalue weighted by Crippen LogP contribution is 2.19. The number of hydrogen-bond donors (Lipinski definition) is 2. The van der Waals surface area contributed by atoms with Crippen LogP contribution in [0.4, 0.5) is 18.9 Å². The molecular formula is C15H21F3N2O. The van der Waals surface area contributed by atoms with Crippen LogP contribution in [-0.4, -0.2) is 17.6 Å². The fourth-order valence-electron chi connectivity index (χ4n) is 2.02. The van der Waals surface area contributed by atoms with Gasteiger partial charge < -0.3 is 10.6 Å². The topological polar surface area (TPSA) is 41.1 Å². The summed E-state index contributed by atoms with van der Waals surface area (Å²) in [4.78, 5) is 10.9. The number of benzene rings is 1. The first kappa shape index (κ1) is 17.5. The van der Waals surface area contributed by atoms with Gasteiger partial charge in [0.2, 0.25) is 0 Å². The van der Waals surface area contributed by atoms with Gasteiger partial charge in [-0.25, -0.2) is 0 Å². The van der Waals surface area contributed by atoms with E-state index in [1.54, 1.807) is 18.2 Å². The number of amides is 1. The minimum absolute atomic E-state index is 0.0417. The van der Waals surface area contributed by atoms with Crippen molar-refractivity contribution < 1.29 is 18.0 Å². The maximum Gasteiger partial charge on any atom is 0.471 e. The van der Waals surface area contributed by atoms with Crippen molar-refractivity contribution in [2.45, 2.75) is 51.9 Å². The third-order valence-electron chi connectivity index (χ3n) is 3.09. The van der Waals surface area contributed by atoms with Gasteiger partial charge in [0.15, 0.2) is 0 Å². The summed E-state index contributed by atoms with van der Waals surface area (Å²) in [5.41, 5.74) is 0.920. The van der Waals surface area contributed by atoms with Crippen molar-refractivity contribution in [1.82, 2.24) is 5.32 Å². The Morgan fingerprint density at radius 3 is 2.48 bits per heavy atom. The van der Waals surface area contributed by atoms with E-state index in [0.29, 0.717) is 6.54 Å². The number of carbonyl (C=O) groups is 1. The molecule has 0 bridgehead atoms. The highest BCUT2D eigenvalue weighted by molar-refractivity contribution is 5.94. The lowest BCUT2D eigenvalue weighted by Crippen LogP contribution is -2.38. The van der Waals surface area contributed by atoms with Gasteiger partial charge in [-0.05, 0) is 38.0 Å². The molecule has 0 saturated carbocycles. The molecule has 0 saturated heterocycles. The van der Waals surface area contributed by atoms with Crippen LogP contribution in [0.15, 0.2) is 24.3 Å². The highest BCUT2D eigenvalue weighted by atomic mass is 19.4. The molecule has 1 aromatic carbocycles. The van der Waals surface area contributed by atoms with Gasteiger partial charge in [0.1, 0.15) is 0 Å². The Hall–Kier alpha value is -1.56. The first-order valence-electron chi connectivity index (χ1n) is 6.86. The van der Waals surface area contributed by atoms with Gasteiger partial charge in [-0.1, -0.05) is 25.5 Å². The molecule has 1 rings (SSSR count). The number of alkyl halides is 3. The Morgan fingerprint density at radius 1 is 1.24 bits per heavy atom. The Kier molecular flexibility index (Phi) is 5.78. The van der Waals surface area contributed by atoms with Crippen LogP contribution in [0.2, 0.25) is 0 Å². The Bertz CT molecular complexity index is 484. The van der Waals surface area contributed by atoms with Crippen LogP contribution >= 0.6 is 0 Å². The predicted molar refractivity (Wildman–Crippen MR) is 77.0 cm³/mol. The summed E-state index contributed by atoms with van der Waals surface area (Å²) in [6, 6.07) is 6.40. The quantitative estimate of drug-likeness (QED) is 0.838. The molecule has 0 aliphatic rings. The van der Waals surface area contributed by atoms with Gasteiger partial charge in [-0.15, -0.1) is 0 Å². The van der Waals surface area contributed by atoms with Gasteiger partial charge in [0, 0.05) is 17.8 Å². The standard InChI is InChI=1S/C15H21F3N2O/c1-4-8-14(2,3)19-10-11-6-5-7-12(9-11)20-13(21)15(16,17)18/h5-7,9,19H,4,8,10H2,1-3H3,(H,20,21). The average molecular weight is 302 g/mol. The minimum atomic E-state index is -4.88. The summed E-state index contributed by atoms with van der Waals surface area (Å²) in [5.74, 6) is -1.96. The monoisotopic (exact) mass is 302 g/mol. The van der Waals surface area contributed by atoms with Crippen molar-refractivity contribution in [3.05, 3.63) is 29.8 Å². The third-order valence-corrected chi connectivity index (χ3v) is 3.09. The van der Waals surface area contributed by atoms with Crippen LogP contribution in [0, 0.1) is 0 Å². The first-order chi connectivity index (χ1) is 9.64. The largest absolute Gasteiger partial charge is 0.471 e. The molecule has 0 aliphatic carbocycles.